The average Bonchev–Trinajstić information content (AvgIpc) is 2.41. The van der Waals surface area contributed by atoms with Gasteiger partial charge in [0.1, 0.15) is 5.75 Å². The third kappa shape index (κ3) is 2.38. The molecule has 0 aliphatic heterocycles. The minimum absolute atomic E-state index is 0.0902. The third-order valence-corrected chi connectivity index (χ3v) is 2.44. The Kier molecular flexibility index (Phi) is 3.40. The molecule has 92 valence electrons. The van der Waals surface area contributed by atoms with Crippen LogP contribution in [0.25, 0.3) is 10.8 Å². The van der Waals surface area contributed by atoms with Crippen LogP contribution in [-0.2, 0) is 0 Å². The standard InChI is InChI=1S/C12H12N4O2/c13-15-12(18)16-14-7-10-9-4-2-1-3-8(9)5-6-11(10)17/h1-7,17H,13H2,(H2,15,16,18)/b14-7-. The molecule has 2 rings (SSSR count). The van der Waals surface area contributed by atoms with Crippen LogP contribution in [0.5, 0.6) is 5.75 Å². The maximum absolute atomic E-state index is 10.8. The number of fused-ring (bicyclic) bond motifs is 1. The van der Waals surface area contributed by atoms with E-state index in [0.717, 1.165) is 10.8 Å². The van der Waals surface area contributed by atoms with Gasteiger partial charge >= 0.3 is 6.03 Å². The molecule has 0 unspecified atom stereocenters. The maximum atomic E-state index is 10.8. The van der Waals surface area contributed by atoms with E-state index >= 15 is 0 Å². The lowest BCUT2D eigenvalue weighted by Crippen LogP contribution is -2.37. The molecule has 0 atom stereocenters. The van der Waals surface area contributed by atoms with E-state index in [1.165, 1.54) is 6.21 Å². The van der Waals surface area contributed by atoms with Crippen molar-refractivity contribution in [3.05, 3.63) is 42.0 Å². The molecule has 0 bridgehead atoms. The van der Waals surface area contributed by atoms with E-state index in [1.807, 2.05) is 35.8 Å². The van der Waals surface area contributed by atoms with Gasteiger partial charge < -0.3 is 5.11 Å². The van der Waals surface area contributed by atoms with E-state index in [9.17, 15) is 9.90 Å². The topological polar surface area (TPSA) is 99.7 Å². The first-order valence-corrected chi connectivity index (χ1v) is 5.22. The highest BCUT2D eigenvalue weighted by molar-refractivity contribution is 6.02. The lowest BCUT2D eigenvalue weighted by Gasteiger charge is -2.04. The molecule has 0 aliphatic rings. The number of rotatable bonds is 2. The van der Waals surface area contributed by atoms with Crippen molar-refractivity contribution in [2.45, 2.75) is 0 Å². The number of hydrogen-bond donors (Lipinski definition) is 4. The van der Waals surface area contributed by atoms with Gasteiger partial charge in [-0.2, -0.15) is 5.10 Å². The number of hydrazone groups is 1. The molecule has 5 N–H and O–H groups in total. The Balaban J connectivity index is 2.37. The highest BCUT2D eigenvalue weighted by Gasteiger charge is 2.04. The lowest BCUT2D eigenvalue weighted by atomic mass is 10.0. The maximum Gasteiger partial charge on any atom is 0.349 e. The van der Waals surface area contributed by atoms with E-state index in [2.05, 4.69) is 10.5 Å². The molecule has 2 amide bonds. The molecule has 0 aliphatic carbocycles. The highest BCUT2D eigenvalue weighted by atomic mass is 16.3. The summed E-state index contributed by atoms with van der Waals surface area (Å²) in [5.74, 6) is 4.98. The predicted octanol–water partition coefficient (Wildman–Crippen LogP) is 1.05. The van der Waals surface area contributed by atoms with E-state index in [0.29, 0.717) is 5.56 Å². The fraction of sp³-hybridized carbons (Fsp3) is 0. The minimum Gasteiger partial charge on any atom is -0.507 e. The summed E-state index contributed by atoms with van der Waals surface area (Å²) in [4.78, 5) is 10.8. The van der Waals surface area contributed by atoms with Crippen LogP contribution >= 0.6 is 0 Å². The van der Waals surface area contributed by atoms with Crippen molar-refractivity contribution in [3.63, 3.8) is 0 Å². The number of nitrogens with one attached hydrogen (secondary N) is 2. The summed E-state index contributed by atoms with van der Waals surface area (Å²) in [7, 11) is 0. The van der Waals surface area contributed by atoms with E-state index in [1.54, 1.807) is 6.07 Å². The molecule has 0 heterocycles. The van der Waals surface area contributed by atoms with Crippen molar-refractivity contribution in [3.8, 4) is 5.75 Å². The summed E-state index contributed by atoms with van der Waals surface area (Å²) in [6.07, 6.45) is 1.37. The number of hydrogen-bond acceptors (Lipinski definition) is 4. The van der Waals surface area contributed by atoms with Gasteiger partial charge in [-0.05, 0) is 16.8 Å². The number of benzene rings is 2. The molecule has 0 fully saturated rings. The second-order valence-corrected chi connectivity index (χ2v) is 3.56. The fourth-order valence-corrected chi connectivity index (χ4v) is 1.61. The Morgan fingerprint density at radius 3 is 2.83 bits per heavy atom. The van der Waals surface area contributed by atoms with Gasteiger partial charge in [0.2, 0.25) is 0 Å². The van der Waals surface area contributed by atoms with Crippen molar-refractivity contribution >= 4 is 23.0 Å². The van der Waals surface area contributed by atoms with Gasteiger partial charge in [0.25, 0.3) is 0 Å². The minimum atomic E-state index is -0.633. The monoisotopic (exact) mass is 244 g/mol. The molecule has 0 saturated heterocycles. The van der Waals surface area contributed by atoms with Gasteiger partial charge in [-0.3, -0.25) is 5.43 Å². The molecule has 18 heavy (non-hydrogen) atoms. The highest BCUT2D eigenvalue weighted by Crippen LogP contribution is 2.25. The first kappa shape index (κ1) is 11.9. The average molecular weight is 244 g/mol. The van der Waals surface area contributed by atoms with Crippen LogP contribution in [0, 0.1) is 0 Å². The summed E-state index contributed by atoms with van der Waals surface area (Å²) in [5.41, 5.74) is 4.57. The van der Waals surface area contributed by atoms with Crippen molar-refractivity contribution < 1.29 is 9.90 Å². The fourth-order valence-electron chi connectivity index (χ4n) is 1.61. The van der Waals surface area contributed by atoms with Gasteiger partial charge in [0.05, 0.1) is 6.21 Å². The molecule has 0 saturated carbocycles. The summed E-state index contributed by atoms with van der Waals surface area (Å²) in [6.45, 7) is 0. The van der Waals surface area contributed by atoms with E-state index in [4.69, 9.17) is 5.84 Å². The Hall–Kier alpha value is -2.60. The second-order valence-electron chi connectivity index (χ2n) is 3.56. The van der Waals surface area contributed by atoms with Gasteiger partial charge in [-0.25, -0.2) is 16.1 Å². The van der Waals surface area contributed by atoms with E-state index in [-0.39, 0.29) is 5.75 Å². The summed E-state index contributed by atoms with van der Waals surface area (Å²) in [5, 5.41) is 15.3. The first-order chi connectivity index (χ1) is 8.72. The number of urea groups is 1. The smallest absolute Gasteiger partial charge is 0.349 e. The molecule has 0 aromatic heterocycles. The van der Waals surface area contributed by atoms with Crippen LogP contribution < -0.4 is 16.7 Å². The van der Waals surface area contributed by atoms with Crippen molar-refractivity contribution in [1.82, 2.24) is 10.9 Å². The molecular weight excluding hydrogens is 232 g/mol. The second kappa shape index (κ2) is 5.15. The van der Waals surface area contributed by atoms with Gasteiger partial charge in [-0.1, -0.05) is 30.3 Å². The molecule has 0 spiro atoms. The zero-order valence-electron chi connectivity index (χ0n) is 9.42. The Labute approximate surface area is 103 Å². The molecular formula is C12H12N4O2. The number of phenolic OH excluding ortho intramolecular Hbond substituents is 1. The molecule has 2 aromatic rings. The zero-order valence-corrected chi connectivity index (χ0v) is 9.42. The number of phenols is 1. The molecule has 6 nitrogen and oxygen atoms in total. The van der Waals surface area contributed by atoms with Crippen LogP contribution in [0.1, 0.15) is 5.56 Å². The summed E-state index contributed by atoms with van der Waals surface area (Å²) >= 11 is 0. The quantitative estimate of drug-likeness (QED) is 0.275. The van der Waals surface area contributed by atoms with Gasteiger partial charge in [0, 0.05) is 5.56 Å². The third-order valence-electron chi connectivity index (χ3n) is 2.44. The Bertz CT molecular complexity index is 610. The molecule has 6 heteroatoms. The normalized spacial score (nSPS) is 10.7. The van der Waals surface area contributed by atoms with Gasteiger partial charge in [-0.15, -0.1) is 0 Å². The number of nitrogens with two attached hydrogens (primary N) is 1. The lowest BCUT2D eigenvalue weighted by molar-refractivity contribution is 0.241. The molecule has 0 radical (unpaired) electrons. The van der Waals surface area contributed by atoms with Crippen molar-refractivity contribution in [2.24, 2.45) is 10.9 Å². The van der Waals surface area contributed by atoms with Crippen LogP contribution in [0.3, 0.4) is 0 Å². The van der Waals surface area contributed by atoms with E-state index < -0.39 is 6.03 Å². The zero-order chi connectivity index (χ0) is 13.0. The number of amides is 2. The predicted molar refractivity (Wildman–Crippen MR) is 69.1 cm³/mol. The molecule has 2 aromatic carbocycles. The van der Waals surface area contributed by atoms with Crippen LogP contribution in [0.4, 0.5) is 4.79 Å². The van der Waals surface area contributed by atoms with Crippen LogP contribution in [0.15, 0.2) is 41.5 Å². The number of carbonyl (C=O) groups is 1. The number of hydrazine groups is 1. The summed E-state index contributed by atoms with van der Waals surface area (Å²) < 4.78 is 0. The number of carbonyl (C=O) groups excluding carboxylic acids is 1. The van der Waals surface area contributed by atoms with Crippen LogP contribution in [0.2, 0.25) is 0 Å². The SMILES string of the molecule is NNC(=O)N/N=C\c1c(O)ccc2ccccc12. The van der Waals surface area contributed by atoms with Crippen molar-refractivity contribution in [1.29, 1.82) is 0 Å². The largest absolute Gasteiger partial charge is 0.507 e. The Morgan fingerprint density at radius 2 is 2.06 bits per heavy atom. The number of aromatic hydroxyl groups is 1. The Morgan fingerprint density at radius 1 is 1.28 bits per heavy atom. The first-order valence-electron chi connectivity index (χ1n) is 5.22. The summed E-state index contributed by atoms with van der Waals surface area (Å²) in [6, 6.07) is 10.3. The van der Waals surface area contributed by atoms with Crippen LogP contribution in [-0.4, -0.2) is 17.4 Å². The van der Waals surface area contributed by atoms with Gasteiger partial charge in [0.15, 0.2) is 0 Å². The van der Waals surface area contributed by atoms with Crippen molar-refractivity contribution in [2.75, 3.05) is 0 Å². The number of nitrogens with zero attached hydrogens (tertiary/aromatic N) is 1.